The first-order chi connectivity index (χ1) is 10.3. The van der Waals surface area contributed by atoms with Crippen molar-refractivity contribution in [3.05, 3.63) is 29.3 Å². The lowest BCUT2D eigenvalue weighted by Crippen LogP contribution is -2.27. The van der Waals surface area contributed by atoms with Crippen LogP contribution in [0.15, 0.2) is 18.2 Å². The van der Waals surface area contributed by atoms with E-state index in [1.54, 1.807) is 7.11 Å². The molecule has 1 aromatic rings. The van der Waals surface area contributed by atoms with Gasteiger partial charge in [0, 0.05) is 18.2 Å². The van der Waals surface area contributed by atoms with Crippen molar-refractivity contribution < 1.29 is 9.84 Å². The summed E-state index contributed by atoms with van der Waals surface area (Å²) in [7, 11) is 1.69. The van der Waals surface area contributed by atoms with Crippen LogP contribution in [0.5, 0.6) is 5.75 Å². The Balaban J connectivity index is 2.18. The summed E-state index contributed by atoms with van der Waals surface area (Å²) < 4.78 is 5.34. The third-order valence-electron chi connectivity index (χ3n) is 3.85. The molecule has 1 aromatic carbocycles. The standard InChI is InChI=1S/C18H25NO2/c1-3-4-11-19(17-8-9-17)14-16-13-18(21-2)10-7-15(16)6-5-12-20/h7,10,13,17,20H,3-4,8-9,11-12,14H2,1-2H3. The van der Waals surface area contributed by atoms with Crippen LogP contribution in [0.2, 0.25) is 0 Å². The Morgan fingerprint density at radius 3 is 2.81 bits per heavy atom. The van der Waals surface area contributed by atoms with Gasteiger partial charge in [0.15, 0.2) is 0 Å². The van der Waals surface area contributed by atoms with Crippen molar-refractivity contribution in [2.24, 2.45) is 0 Å². The van der Waals surface area contributed by atoms with E-state index in [0.29, 0.717) is 0 Å². The number of aliphatic hydroxyl groups excluding tert-OH is 1. The van der Waals surface area contributed by atoms with Crippen LogP contribution in [0, 0.1) is 11.8 Å². The van der Waals surface area contributed by atoms with E-state index in [9.17, 15) is 0 Å². The zero-order chi connectivity index (χ0) is 15.1. The maximum atomic E-state index is 8.91. The van der Waals surface area contributed by atoms with E-state index >= 15 is 0 Å². The highest BCUT2D eigenvalue weighted by molar-refractivity contribution is 5.45. The van der Waals surface area contributed by atoms with Crippen molar-refractivity contribution in [2.45, 2.75) is 45.2 Å². The molecule has 0 amide bonds. The second-order valence-electron chi connectivity index (χ2n) is 5.54. The van der Waals surface area contributed by atoms with Crippen LogP contribution in [0.3, 0.4) is 0 Å². The molecule has 0 saturated heterocycles. The van der Waals surface area contributed by atoms with Crippen molar-refractivity contribution >= 4 is 0 Å². The molecule has 0 bridgehead atoms. The van der Waals surface area contributed by atoms with E-state index in [4.69, 9.17) is 9.84 Å². The van der Waals surface area contributed by atoms with Crippen molar-refractivity contribution in [3.63, 3.8) is 0 Å². The van der Waals surface area contributed by atoms with Gasteiger partial charge in [0.05, 0.1) is 7.11 Å². The monoisotopic (exact) mass is 287 g/mol. The molecule has 3 heteroatoms. The van der Waals surface area contributed by atoms with Crippen molar-refractivity contribution in [2.75, 3.05) is 20.3 Å². The number of hydrogen-bond donors (Lipinski definition) is 1. The van der Waals surface area contributed by atoms with Gasteiger partial charge in [0.2, 0.25) is 0 Å². The smallest absolute Gasteiger partial charge is 0.119 e. The summed E-state index contributed by atoms with van der Waals surface area (Å²) in [4.78, 5) is 2.56. The van der Waals surface area contributed by atoms with Gasteiger partial charge < -0.3 is 9.84 Å². The van der Waals surface area contributed by atoms with Crippen LogP contribution in [-0.2, 0) is 6.54 Å². The van der Waals surface area contributed by atoms with Crippen LogP contribution in [-0.4, -0.2) is 36.3 Å². The first-order valence-corrected chi connectivity index (χ1v) is 7.79. The van der Waals surface area contributed by atoms with Crippen molar-refractivity contribution in [1.82, 2.24) is 4.90 Å². The Hall–Kier alpha value is -1.50. The van der Waals surface area contributed by atoms with Gasteiger partial charge in [-0.3, -0.25) is 4.90 Å². The third-order valence-corrected chi connectivity index (χ3v) is 3.85. The van der Waals surface area contributed by atoms with E-state index < -0.39 is 0 Å². The average molecular weight is 287 g/mol. The van der Waals surface area contributed by atoms with Gasteiger partial charge in [0.25, 0.3) is 0 Å². The SMILES string of the molecule is CCCCN(Cc1cc(OC)ccc1C#CCO)C1CC1. The molecule has 2 rings (SSSR count). The molecule has 1 aliphatic rings. The fourth-order valence-corrected chi connectivity index (χ4v) is 2.49. The van der Waals surface area contributed by atoms with Gasteiger partial charge in [0.1, 0.15) is 12.4 Å². The van der Waals surface area contributed by atoms with E-state index in [1.807, 2.05) is 12.1 Å². The number of methoxy groups -OCH3 is 1. The summed E-state index contributed by atoms with van der Waals surface area (Å²) in [6, 6.07) is 6.73. The summed E-state index contributed by atoms with van der Waals surface area (Å²) in [5, 5.41) is 8.91. The Kier molecular flexibility index (Phi) is 6.10. The van der Waals surface area contributed by atoms with Gasteiger partial charge in [-0.25, -0.2) is 0 Å². The predicted molar refractivity (Wildman–Crippen MR) is 85.3 cm³/mol. The summed E-state index contributed by atoms with van der Waals surface area (Å²) >= 11 is 0. The summed E-state index contributed by atoms with van der Waals surface area (Å²) in [5.41, 5.74) is 2.19. The van der Waals surface area contributed by atoms with Crippen molar-refractivity contribution in [1.29, 1.82) is 0 Å². The number of aliphatic hydroxyl groups is 1. The average Bonchev–Trinajstić information content (AvgIpc) is 3.34. The minimum Gasteiger partial charge on any atom is -0.497 e. The molecule has 1 saturated carbocycles. The second kappa shape index (κ2) is 8.07. The number of benzene rings is 1. The van der Waals surface area contributed by atoms with Gasteiger partial charge in [-0.2, -0.15) is 0 Å². The van der Waals surface area contributed by atoms with Gasteiger partial charge >= 0.3 is 0 Å². The quantitative estimate of drug-likeness (QED) is 0.783. The molecule has 21 heavy (non-hydrogen) atoms. The highest BCUT2D eigenvalue weighted by atomic mass is 16.5. The number of unbranched alkanes of at least 4 members (excludes halogenated alkanes) is 1. The van der Waals surface area contributed by atoms with Crippen LogP contribution in [0.25, 0.3) is 0 Å². The van der Waals surface area contributed by atoms with Gasteiger partial charge in [-0.05, 0) is 49.6 Å². The van der Waals surface area contributed by atoms with Crippen LogP contribution < -0.4 is 4.74 Å². The molecule has 3 nitrogen and oxygen atoms in total. The Labute approximate surface area is 127 Å². The molecule has 1 aliphatic carbocycles. The van der Waals surface area contributed by atoms with E-state index in [-0.39, 0.29) is 6.61 Å². The van der Waals surface area contributed by atoms with Gasteiger partial charge in [-0.15, -0.1) is 0 Å². The Bertz CT molecular complexity index is 512. The van der Waals surface area contributed by atoms with Crippen LogP contribution >= 0.6 is 0 Å². The number of hydrogen-bond acceptors (Lipinski definition) is 3. The highest BCUT2D eigenvalue weighted by Crippen LogP contribution is 2.30. The molecule has 0 aromatic heterocycles. The Morgan fingerprint density at radius 2 is 2.19 bits per heavy atom. The predicted octanol–water partition coefficient (Wildman–Crippen LogP) is 2.80. The zero-order valence-corrected chi connectivity index (χ0v) is 13.1. The first-order valence-electron chi connectivity index (χ1n) is 7.79. The second-order valence-corrected chi connectivity index (χ2v) is 5.54. The maximum Gasteiger partial charge on any atom is 0.119 e. The lowest BCUT2D eigenvalue weighted by Gasteiger charge is -2.22. The molecular formula is C18H25NO2. The fraction of sp³-hybridized carbons (Fsp3) is 0.556. The van der Waals surface area contributed by atoms with Gasteiger partial charge in [-0.1, -0.05) is 25.2 Å². The largest absolute Gasteiger partial charge is 0.497 e. The molecule has 0 aliphatic heterocycles. The summed E-state index contributed by atoms with van der Waals surface area (Å²) in [6.07, 6.45) is 5.08. The topological polar surface area (TPSA) is 32.7 Å². The number of rotatable bonds is 7. The van der Waals surface area contributed by atoms with Crippen molar-refractivity contribution in [3.8, 4) is 17.6 Å². The summed E-state index contributed by atoms with van der Waals surface area (Å²) in [6.45, 7) is 4.19. The minimum atomic E-state index is -0.104. The van der Waals surface area contributed by atoms with Crippen LogP contribution in [0.4, 0.5) is 0 Å². The lowest BCUT2D eigenvalue weighted by atomic mass is 10.1. The van der Waals surface area contributed by atoms with E-state index in [1.165, 1.54) is 31.2 Å². The van der Waals surface area contributed by atoms with E-state index in [0.717, 1.165) is 30.4 Å². The fourth-order valence-electron chi connectivity index (χ4n) is 2.49. The molecule has 1 N–H and O–H groups in total. The molecule has 0 spiro atoms. The maximum absolute atomic E-state index is 8.91. The molecule has 0 radical (unpaired) electrons. The molecular weight excluding hydrogens is 262 g/mol. The molecule has 0 unspecified atom stereocenters. The summed E-state index contributed by atoms with van der Waals surface area (Å²) in [5.74, 6) is 6.67. The third kappa shape index (κ3) is 4.77. The Morgan fingerprint density at radius 1 is 1.38 bits per heavy atom. The normalized spacial score (nSPS) is 13.9. The van der Waals surface area contributed by atoms with E-state index in [2.05, 4.69) is 29.7 Å². The lowest BCUT2D eigenvalue weighted by molar-refractivity contribution is 0.250. The number of ether oxygens (including phenoxy) is 1. The minimum absolute atomic E-state index is 0.104. The highest BCUT2D eigenvalue weighted by Gasteiger charge is 2.28. The van der Waals surface area contributed by atoms with Crippen LogP contribution in [0.1, 0.15) is 43.7 Å². The number of nitrogens with zero attached hydrogens (tertiary/aromatic N) is 1. The molecule has 1 fully saturated rings. The first kappa shape index (κ1) is 15.9. The zero-order valence-electron chi connectivity index (χ0n) is 13.1. The molecule has 0 heterocycles. The molecule has 0 atom stereocenters. The molecule has 114 valence electrons.